The molecule has 22 heavy (non-hydrogen) atoms. The van der Waals surface area contributed by atoms with Crippen LogP contribution in [0.4, 0.5) is 0 Å². The molecule has 0 radical (unpaired) electrons. The van der Waals surface area contributed by atoms with Gasteiger partial charge in [-0.3, -0.25) is 0 Å². The summed E-state index contributed by atoms with van der Waals surface area (Å²) >= 11 is 0. The normalized spacial score (nSPS) is 43.2. The molecule has 2 fully saturated rings. The second-order valence-corrected chi connectivity index (χ2v) is 8.31. The molecule has 0 saturated heterocycles. The maximum absolute atomic E-state index is 10.5. The zero-order valence-corrected chi connectivity index (χ0v) is 14.1. The van der Waals surface area contributed by atoms with E-state index >= 15 is 0 Å². The molecule has 0 bridgehead atoms. The first kappa shape index (κ1) is 14.6. The molecule has 3 aliphatic carbocycles. The molecule has 1 aromatic carbocycles. The number of aliphatic hydroxyl groups excluding tert-OH is 1. The fourth-order valence-electron chi connectivity index (χ4n) is 6.20. The Balaban J connectivity index is 1.75. The van der Waals surface area contributed by atoms with Crippen molar-refractivity contribution in [2.24, 2.45) is 16.7 Å². The number of rotatable bonds is 1. The SMILES string of the molecule is COc1ccc2c(c1)CC[C@]1(C)C2CC[C@@]2(C)C1CC[C@@H]2O. The summed E-state index contributed by atoms with van der Waals surface area (Å²) in [4.78, 5) is 0. The van der Waals surface area contributed by atoms with Crippen LogP contribution in [0.1, 0.15) is 63.0 Å². The monoisotopic (exact) mass is 300 g/mol. The third-order valence-corrected chi connectivity index (χ3v) is 7.51. The Morgan fingerprint density at radius 3 is 2.68 bits per heavy atom. The Kier molecular flexibility index (Phi) is 3.14. The molecule has 2 saturated carbocycles. The minimum absolute atomic E-state index is 0.0902. The van der Waals surface area contributed by atoms with E-state index in [-0.39, 0.29) is 11.5 Å². The van der Waals surface area contributed by atoms with Gasteiger partial charge in [-0.2, -0.15) is 0 Å². The minimum atomic E-state index is -0.0902. The van der Waals surface area contributed by atoms with Crippen LogP contribution in [0.15, 0.2) is 18.2 Å². The highest BCUT2D eigenvalue weighted by Gasteiger charge is 2.59. The van der Waals surface area contributed by atoms with E-state index < -0.39 is 0 Å². The summed E-state index contributed by atoms with van der Waals surface area (Å²) in [6, 6.07) is 6.68. The van der Waals surface area contributed by atoms with Gasteiger partial charge in [0.2, 0.25) is 0 Å². The highest BCUT2D eigenvalue weighted by atomic mass is 16.5. The predicted molar refractivity (Wildman–Crippen MR) is 88.2 cm³/mol. The highest BCUT2D eigenvalue weighted by Crippen LogP contribution is 2.66. The van der Waals surface area contributed by atoms with Gasteiger partial charge in [0.15, 0.2) is 0 Å². The van der Waals surface area contributed by atoms with Crippen molar-refractivity contribution in [3.05, 3.63) is 29.3 Å². The number of ether oxygens (including phenoxy) is 1. The van der Waals surface area contributed by atoms with Gasteiger partial charge in [-0.1, -0.05) is 19.9 Å². The molecular formula is C20H28O2. The van der Waals surface area contributed by atoms with Crippen LogP contribution in [-0.4, -0.2) is 18.3 Å². The average Bonchev–Trinajstić information content (AvgIpc) is 2.83. The smallest absolute Gasteiger partial charge is 0.119 e. The van der Waals surface area contributed by atoms with Crippen molar-refractivity contribution in [2.45, 2.75) is 64.4 Å². The fraction of sp³-hybridized carbons (Fsp3) is 0.700. The predicted octanol–water partition coefficient (Wildman–Crippen LogP) is 4.30. The molecular weight excluding hydrogens is 272 g/mol. The molecule has 1 N–H and O–H groups in total. The van der Waals surface area contributed by atoms with E-state index in [2.05, 4.69) is 32.0 Å². The molecule has 0 heterocycles. The van der Waals surface area contributed by atoms with E-state index in [4.69, 9.17) is 4.74 Å². The van der Waals surface area contributed by atoms with Crippen molar-refractivity contribution in [1.82, 2.24) is 0 Å². The lowest BCUT2D eigenvalue weighted by molar-refractivity contribution is -0.0666. The summed E-state index contributed by atoms with van der Waals surface area (Å²) in [6.07, 6.45) is 6.92. The minimum Gasteiger partial charge on any atom is -0.497 e. The molecule has 4 rings (SSSR count). The summed E-state index contributed by atoms with van der Waals surface area (Å²) in [7, 11) is 1.75. The molecule has 0 amide bonds. The number of aliphatic hydroxyl groups is 1. The first-order chi connectivity index (χ1) is 10.5. The molecule has 0 aliphatic heterocycles. The van der Waals surface area contributed by atoms with Crippen LogP contribution >= 0.6 is 0 Å². The summed E-state index contributed by atoms with van der Waals surface area (Å²) in [5.41, 5.74) is 3.54. The Morgan fingerprint density at radius 2 is 1.91 bits per heavy atom. The first-order valence-electron chi connectivity index (χ1n) is 8.84. The van der Waals surface area contributed by atoms with E-state index in [9.17, 15) is 5.11 Å². The van der Waals surface area contributed by atoms with Crippen molar-refractivity contribution in [1.29, 1.82) is 0 Å². The van der Waals surface area contributed by atoms with Gasteiger partial charge >= 0.3 is 0 Å². The van der Waals surface area contributed by atoms with Crippen molar-refractivity contribution >= 4 is 0 Å². The molecule has 120 valence electrons. The van der Waals surface area contributed by atoms with Crippen LogP contribution in [0.25, 0.3) is 0 Å². The van der Waals surface area contributed by atoms with Crippen LogP contribution < -0.4 is 4.74 Å². The van der Waals surface area contributed by atoms with E-state index in [1.54, 1.807) is 12.7 Å². The standard InChI is InChI=1S/C20H28O2/c1-19-10-8-13-12-14(22-3)4-5-15(13)16(19)9-11-20(2)17(19)6-7-18(20)21/h4-5,12,16-18,21H,6-11H2,1-3H3/t16?,17?,18-,19+,20-/m0/s1. The zero-order valence-electron chi connectivity index (χ0n) is 14.1. The maximum atomic E-state index is 10.5. The van der Waals surface area contributed by atoms with Crippen molar-refractivity contribution in [3.63, 3.8) is 0 Å². The van der Waals surface area contributed by atoms with E-state index in [1.807, 2.05) is 0 Å². The number of aryl methyl sites for hydroxylation is 1. The molecule has 1 aromatic rings. The van der Waals surface area contributed by atoms with Gasteiger partial charge in [-0.05, 0) is 84.5 Å². The lowest BCUT2D eigenvalue weighted by atomic mass is 9.48. The molecule has 2 nitrogen and oxygen atoms in total. The number of benzene rings is 1. The van der Waals surface area contributed by atoms with Gasteiger partial charge in [0.1, 0.15) is 5.75 Å². The molecule has 0 aromatic heterocycles. The Bertz CT molecular complexity index is 595. The fourth-order valence-corrected chi connectivity index (χ4v) is 6.20. The summed E-state index contributed by atoms with van der Waals surface area (Å²) in [5.74, 6) is 2.31. The van der Waals surface area contributed by atoms with E-state index in [0.717, 1.165) is 18.6 Å². The second-order valence-electron chi connectivity index (χ2n) is 8.31. The van der Waals surface area contributed by atoms with Crippen molar-refractivity contribution in [3.8, 4) is 5.75 Å². The zero-order chi connectivity index (χ0) is 15.5. The second kappa shape index (κ2) is 4.74. The Morgan fingerprint density at radius 1 is 1.09 bits per heavy atom. The van der Waals surface area contributed by atoms with Gasteiger partial charge < -0.3 is 9.84 Å². The number of hydrogen-bond acceptors (Lipinski definition) is 2. The quantitative estimate of drug-likeness (QED) is 0.838. The Hall–Kier alpha value is -1.02. The van der Waals surface area contributed by atoms with Gasteiger partial charge in [0.25, 0.3) is 0 Å². The number of methoxy groups -OCH3 is 1. The lowest BCUT2D eigenvalue weighted by Gasteiger charge is -2.57. The Labute approximate surface area is 133 Å². The lowest BCUT2D eigenvalue weighted by Crippen LogP contribution is -2.50. The summed E-state index contributed by atoms with van der Waals surface area (Å²) in [5, 5.41) is 10.5. The first-order valence-corrected chi connectivity index (χ1v) is 8.84. The molecule has 0 spiro atoms. The van der Waals surface area contributed by atoms with Crippen LogP contribution in [0.3, 0.4) is 0 Å². The number of hydrogen-bond donors (Lipinski definition) is 1. The van der Waals surface area contributed by atoms with Crippen molar-refractivity contribution < 1.29 is 9.84 Å². The molecule has 5 atom stereocenters. The van der Waals surface area contributed by atoms with Crippen LogP contribution in [-0.2, 0) is 6.42 Å². The summed E-state index contributed by atoms with van der Waals surface area (Å²) < 4.78 is 5.41. The third kappa shape index (κ3) is 1.76. The third-order valence-electron chi connectivity index (χ3n) is 7.51. The largest absolute Gasteiger partial charge is 0.497 e. The van der Waals surface area contributed by atoms with Gasteiger partial charge in [-0.15, -0.1) is 0 Å². The van der Waals surface area contributed by atoms with Crippen LogP contribution in [0, 0.1) is 16.7 Å². The molecule has 2 unspecified atom stereocenters. The molecule has 2 heteroatoms. The van der Waals surface area contributed by atoms with E-state index in [1.165, 1.54) is 31.2 Å². The van der Waals surface area contributed by atoms with Gasteiger partial charge in [-0.25, -0.2) is 0 Å². The average molecular weight is 300 g/mol. The van der Waals surface area contributed by atoms with Crippen LogP contribution in [0.5, 0.6) is 5.75 Å². The van der Waals surface area contributed by atoms with Crippen LogP contribution in [0.2, 0.25) is 0 Å². The topological polar surface area (TPSA) is 29.5 Å². The van der Waals surface area contributed by atoms with Crippen molar-refractivity contribution in [2.75, 3.05) is 7.11 Å². The number of fused-ring (bicyclic) bond motifs is 5. The van der Waals surface area contributed by atoms with Gasteiger partial charge in [0.05, 0.1) is 13.2 Å². The van der Waals surface area contributed by atoms with E-state index in [0.29, 0.717) is 17.3 Å². The summed E-state index contributed by atoms with van der Waals surface area (Å²) in [6.45, 7) is 4.85. The van der Waals surface area contributed by atoms with Gasteiger partial charge in [0, 0.05) is 0 Å². The molecule has 3 aliphatic rings. The highest BCUT2D eigenvalue weighted by molar-refractivity contribution is 5.41. The maximum Gasteiger partial charge on any atom is 0.119 e.